The van der Waals surface area contributed by atoms with E-state index < -0.39 is 18.6 Å². The maximum atomic E-state index is 12.5. The Balaban J connectivity index is 2.85. The van der Waals surface area contributed by atoms with Gasteiger partial charge in [0.15, 0.2) is 0 Å². The second-order valence-corrected chi connectivity index (χ2v) is 2.64. The van der Waals surface area contributed by atoms with Gasteiger partial charge in [-0.1, -0.05) is 30.3 Å². The highest BCUT2D eigenvalue weighted by Crippen LogP contribution is 2.17. The lowest BCUT2D eigenvalue weighted by atomic mass is 10.0. The summed E-state index contributed by atoms with van der Waals surface area (Å²) in [5.41, 5.74) is 0.650. The molecule has 0 aliphatic rings. The van der Waals surface area contributed by atoms with Crippen molar-refractivity contribution in [3.05, 3.63) is 35.9 Å². The van der Waals surface area contributed by atoms with Crippen molar-refractivity contribution < 1.29 is 13.9 Å². The first kappa shape index (κ1) is 9.71. The summed E-state index contributed by atoms with van der Waals surface area (Å²) >= 11 is 0. The van der Waals surface area contributed by atoms with Gasteiger partial charge >= 0.3 is 5.97 Å². The highest BCUT2D eigenvalue weighted by Gasteiger charge is 2.20. The van der Waals surface area contributed by atoms with Crippen molar-refractivity contribution in [1.29, 1.82) is 0 Å². The van der Waals surface area contributed by atoms with Crippen LogP contribution in [0.3, 0.4) is 0 Å². The molecule has 1 aromatic rings. The number of benzene rings is 1. The van der Waals surface area contributed by atoms with Gasteiger partial charge in [0.1, 0.15) is 12.6 Å². The first-order chi connectivity index (χ1) is 6.29. The summed E-state index contributed by atoms with van der Waals surface area (Å²) in [4.78, 5) is 11.1. The van der Waals surface area contributed by atoms with E-state index in [9.17, 15) is 9.18 Å². The lowest BCUT2D eigenvalue weighted by molar-refractivity contribution is -0.142. The van der Waals surface area contributed by atoms with Gasteiger partial charge in [0, 0.05) is 0 Å². The minimum Gasteiger partial charge on any atom is -0.468 e. The lowest BCUT2D eigenvalue weighted by Gasteiger charge is -2.10. The minimum absolute atomic E-state index is 0.534. The topological polar surface area (TPSA) is 26.3 Å². The normalized spacial score (nSPS) is 12.2. The van der Waals surface area contributed by atoms with Crippen LogP contribution in [0.2, 0.25) is 0 Å². The molecule has 0 spiro atoms. The van der Waals surface area contributed by atoms with Crippen molar-refractivity contribution in [2.45, 2.75) is 5.92 Å². The fourth-order valence-corrected chi connectivity index (χ4v) is 1.12. The standard InChI is InChI=1S/C10H11FO2/c1-13-10(12)9(7-11)8-5-3-2-4-6-8/h2-6,9H,7H2,1H3/t9-/m1/s1. The van der Waals surface area contributed by atoms with Crippen molar-refractivity contribution in [2.75, 3.05) is 13.8 Å². The quantitative estimate of drug-likeness (QED) is 0.667. The van der Waals surface area contributed by atoms with Crippen LogP contribution in [0.1, 0.15) is 11.5 Å². The highest BCUT2D eigenvalue weighted by molar-refractivity contribution is 5.78. The second-order valence-electron chi connectivity index (χ2n) is 2.64. The Morgan fingerprint density at radius 1 is 1.46 bits per heavy atom. The Morgan fingerprint density at radius 2 is 2.08 bits per heavy atom. The van der Waals surface area contributed by atoms with Crippen LogP contribution < -0.4 is 0 Å². The molecule has 1 aromatic carbocycles. The van der Waals surface area contributed by atoms with Crippen molar-refractivity contribution in [3.63, 3.8) is 0 Å². The van der Waals surface area contributed by atoms with E-state index in [1.165, 1.54) is 7.11 Å². The molecule has 0 saturated carbocycles. The molecule has 1 rings (SSSR count). The zero-order valence-corrected chi connectivity index (χ0v) is 7.37. The fraction of sp³-hybridized carbons (Fsp3) is 0.300. The molecule has 0 aliphatic heterocycles. The number of halogens is 1. The maximum absolute atomic E-state index is 12.5. The Morgan fingerprint density at radius 3 is 2.54 bits per heavy atom. The summed E-state index contributed by atoms with van der Waals surface area (Å²) in [6.07, 6.45) is 0. The Labute approximate surface area is 76.3 Å². The summed E-state index contributed by atoms with van der Waals surface area (Å²) in [6, 6.07) is 8.76. The van der Waals surface area contributed by atoms with Gasteiger partial charge in [-0.15, -0.1) is 0 Å². The molecule has 0 bridgehead atoms. The van der Waals surface area contributed by atoms with Gasteiger partial charge in [0.2, 0.25) is 0 Å². The Hall–Kier alpha value is -1.38. The molecule has 0 aliphatic carbocycles. The smallest absolute Gasteiger partial charge is 0.315 e. The number of hydrogen-bond donors (Lipinski definition) is 0. The third-order valence-corrected chi connectivity index (χ3v) is 1.84. The molecule has 13 heavy (non-hydrogen) atoms. The van der Waals surface area contributed by atoms with E-state index in [4.69, 9.17) is 0 Å². The summed E-state index contributed by atoms with van der Waals surface area (Å²) in [6.45, 7) is -0.726. The van der Waals surface area contributed by atoms with Gasteiger partial charge in [0.05, 0.1) is 7.11 Å². The molecule has 0 saturated heterocycles. The van der Waals surface area contributed by atoms with Gasteiger partial charge in [-0.05, 0) is 5.56 Å². The fourth-order valence-electron chi connectivity index (χ4n) is 1.12. The molecule has 0 heterocycles. The molecule has 0 N–H and O–H groups in total. The van der Waals surface area contributed by atoms with Gasteiger partial charge in [-0.25, -0.2) is 4.39 Å². The van der Waals surface area contributed by atoms with E-state index >= 15 is 0 Å². The van der Waals surface area contributed by atoms with Crippen LogP contribution in [0.15, 0.2) is 30.3 Å². The number of alkyl halides is 1. The van der Waals surface area contributed by atoms with Gasteiger partial charge in [-0.2, -0.15) is 0 Å². The third kappa shape index (κ3) is 2.28. The molecule has 0 aromatic heterocycles. The maximum Gasteiger partial charge on any atom is 0.315 e. The largest absolute Gasteiger partial charge is 0.468 e. The molecule has 0 radical (unpaired) electrons. The first-order valence-corrected chi connectivity index (χ1v) is 3.98. The summed E-state index contributed by atoms with van der Waals surface area (Å²) in [5.74, 6) is -1.32. The molecule has 1 atom stereocenters. The zero-order valence-electron chi connectivity index (χ0n) is 7.37. The number of carbonyl (C=O) groups is 1. The monoisotopic (exact) mass is 182 g/mol. The lowest BCUT2D eigenvalue weighted by Crippen LogP contribution is -2.15. The van der Waals surface area contributed by atoms with Crippen molar-refractivity contribution in [1.82, 2.24) is 0 Å². The average Bonchev–Trinajstić information content (AvgIpc) is 2.20. The van der Waals surface area contributed by atoms with Crippen LogP contribution in [0.4, 0.5) is 4.39 Å². The van der Waals surface area contributed by atoms with E-state index in [1.807, 2.05) is 6.07 Å². The predicted molar refractivity (Wildman–Crippen MR) is 47.2 cm³/mol. The molecule has 0 unspecified atom stereocenters. The number of rotatable bonds is 3. The van der Waals surface area contributed by atoms with Crippen LogP contribution >= 0.6 is 0 Å². The molecule has 0 amide bonds. The van der Waals surface area contributed by atoms with E-state index in [1.54, 1.807) is 24.3 Å². The van der Waals surface area contributed by atoms with Crippen LogP contribution in [-0.2, 0) is 9.53 Å². The number of ether oxygens (including phenoxy) is 1. The SMILES string of the molecule is COC(=O)[C@H](CF)c1ccccc1. The van der Waals surface area contributed by atoms with E-state index in [2.05, 4.69) is 4.74 Å². The zero-order chi connectivity index (χ0) is 9.68. The van der Waals surface area contributed by atoms with E-state index in [0.717, 1.165) is 0 Å². The predicted octanol–water partition coefficient (Wildman–Crippen LogP) is 1.91. The number of carbonyl (C=O) groups excluding carboxylic acids is 1. The minimum atomic E-state index is -0.786. The average molecular weight is 182 g/mol. The number of hydrogen-bond acceptors (Lipinski definition) is 2. The van der Waals surface area contributed by atoms with Crippen molar-refractivity contribution >= 4 is 5.97 Å². The molecular formula is C10H11FO2. The summed E-state index contributed by atoms with van der Waals surface area (Å²) in [5, 5.41) is 0. The highest BCUT2D eigenvalue weighted by atomic mass is 19.1. The Kier molecular flexibility index (Phi) is 3.43. The molecule has 0 fully saturated rings. The summed E-state index contributed by atoms with van der Waals surface area (Å²) < 4.78 is 17.0. The van der Waals surface area contributed by atoms with Crippen LogP contribution in [0.25, 0.3) is 0 Å². The van der Waals surface area contributed by atoms with Crippen molar-refractivity contribution in [3.8, 4) is 0 Å². The van der Waals surface area contributed by atoms with Gasteiger partial charge in [0.25, 0.3) is 0 Å². The second kappa shape index (κ2) is 4.60. The van der Waals surface area contributed by atoms with Gasteiger partial charge < -0.3 is 4.74 Å². The number of methoxy groups -OCH3 is 1. The van der Waals surface area contributed by atoms with Gasteiger partial charge in [-0.3, -0.25) is 4.79 Å². The first-order valence-electron chi connectivity index (χ1n) is 3.98. The molecule has 70 valence electrons. The van der Waals surface area contributed by atoms with E-state index in [-0.39, 0.29) is 0 Å². The molecule has 3 heteroatoms. The van der Waals surface area contributed by atoms with Crippen LogP contribution in [0.5, 0.6) is 0 Å². The van der Waals surface area contributed by atoms with E-state index in [0.29, 0.717) is 5.56 Å². The van der Waals surface area contributed by atoms with Crippen LogP contribution in [0, 0.1) is 0 Å². The number of esters is 1. The summed E-state index contributed by atoms with van der Waals surface area (Å²) in [7, 11) is 1.26. The Bertz CT molecular complexity index is 272. The third-order valence-electron chi connectivity index (χ3n) is 1.84. The molecule has 2 nitrogen and oxygen atoms in total. The van der Waals surface area contributed by atoms with Crippen molar-refractivity contribution in [2.24, 2.45) is 0 Å². The van der Waals surface area contributed by atoms with Crippen LogP contribution in [-0.4, -0.2) is 19.8 Å². The molecular weight excluding hydrogens is 171 g/mol.